The molecule has 1 aliphatic heterocycles. The lowest BCUT2D eigenvalue weighted by atomic mass is 9.86. The second-order valence-electron chi connectivity index (χ2n) is 8.20. The summed E-state index contributed by atoms with van der Waals surface area (Å²) in [4.78, 5) is 19.7. The molecule has 3 heteroatoms. The number of hydrogen-bond donors (Lipinski definition) is 0. The Balaban J connectivity index is 1.68. The van der Waals surface area contributed by atoms with Crippen LogP contribution in [-0.4, -0.2) is 17.4 Å². The van der Waals surface area contributed by atoms with Crippen molar-refractivity contribution in [1.29, 1.82) is 0 Å². The van der Waals surface area contributed by atoms with Crippen LogP contribution in [0.25, 0.3) is 10.9 Å². The molecule has 3 aromatic rings. The Labute approximate surface area is 154 Å². The molecule has 0 radical (unpaired) electrons. The summed E-state index contributed by atoms with van der Waals surface area (Å²) in [6, 6.07) is 16.4. The van der Waals surface area contributed by atoms with E-state index in [1.807, 2.05) is 23.1 Å². The molecule has 4 rings (SSSR count). The van der Waals surface area contributed by atoms with E-state index in [0.717, 1.165) is 34.3 Å². The molecule has 0 bridgehead atoms. The fourth-order valence-corrected chi connectivity index (χ4v) is 3.55. The molecule has 0 fully saturated rings. The molecule has 0 N–H and O–H groups in total. The minimum absolute atomic E-state index is 0.0307. The molecule has 0 unspecified atom stereocenters. The second-order valence-corrected chi connectivity index (χ2v) is 8.20. The summed E-state index contributed by atoms with van der Waals surface area (Å²) in [6.07, 6.45) is 0.859. The molecular weight excluding hydrogens is 320 g/mol. The first-order valence-corrected chi connectivity index (χ1v) is 9.16. The van der Waals surface area contributed by atoms with Crippen molar-refractivity contribution in [2.45, 2.75) is 39.5 Å². The lowest BCUT2D eigenvalue weighted by Crippen LogP contribution is -2.29. The molecule has 2 aromatic carbocycles. The number of carbonyl (C=O) groups is 1. The van der Waals surface area contributed by atoms with Crippen LogP contribution in [0.1, 0.15) is 47.8 Å². The summed E-state index contributed by atoms with van der Waals surface area (Å²) < 4.78 is 0. The maximum atomic E-state index is 13.0. The molecule has 1 amide bonds. The number of amides is 1. The van der Waals surface area contributed by atoms with Gasteiger partial charge in [0.05, 0.1) is 5.52 Å². The predicted molar refractivity (Wildman–Crippen MR) is 107 cm³/mol. The number of carbonyl (C=O) groups excluding carboxylic acids is 1. The summed E-state index contributed by atoms with van der Waals surface area (Å²) >= 11 is 0. The molecule has 0 spiro atoms. The van der Waals surface area contributed by atoms with Crippen molar-refractivity contribution in [1.82, 2.24) is 4.98 Å². The summed E-state index contributed by atoms with van der Waals surface area (Å²) in [7, 11) is 0. The molecule has 0 saturated carbocycles. The Hall–Kier alpha value is -2.68. The molecule has 1 aromatic heterocycles. The van der Waals surface area contributed by atoms with Gasteiger partial charge >= 0.3 is 0 Å². The van der Waals surface area contributed by atoms with Crippen molar-refractivity contribution in [3.63, 3.8) is 0 Å². The molecule has 132 valence electrons. The molecule has 1 aliphatic rings. The first kappa shape index (κ1) is 16.8. The van der Waals surface area contributed by atoms with Gasteiger partial charge in [-0.1, -0.05) is 44.5 Å². The van der Waals surface area contributed by atoms with Gasteiger partial charge in [-0.3, -0.25) is 9.69 Å². The average Bonchev–Trinajstić information content (AvgIpc) is 3.01. The Morgan fingerprint density at radius 1 is 1.04 bits per heavy atom. The van der Waals surface area contributed by atoms with E-state index in [1.165, 1.54) is 11.1 Å². The Kier molecular flexibility index (Phi) is 3.83. The number of pyridine rings is 1. The summed E-state index contributed by atoms with van der Waals surface area (Å²) in [5, 5.41) is 1.15. The number of aromatic nitrogens is 1. The monoisotopic (exact) mass is 344 g/mol. The van der Waals surface area contributed by atoms with Crippen molar-refractivity contribution in [2.75, 3.05) is 11.4 Å². The zero-order valence-electron chi connectivity index (χ0n) is 15.8. The van der Waals surface area contributed by atoms with Gasteiger partial charge in [-0.2, -0.15) is 0 Å². The van der Waals surface area contributed by atoms with Crippen LogP contribution in [0.5, 0.6) is 0 Å². The molecular formula is C23H24N2O. The van der Waals surface area contributed by atoms with Crippen molar-refractivity contribution in [3.8, 4) is 0 Å². The van der Waals surface area contributed by atoms with Crippen LogP contribution in [-0.2, 0) is 11.8 Å². The maximum absolute atomic E-state index is 13.0. The lowest BCUT2D eigenvalue weighted by molar-refractivity contribution is 0.0988. The van der Waals surface area contributed by atoms with E-state index >= 15 is 0 Å². The fraction of sp³-hybridized carbons (Fsp3) is 0.304. The van der Waals surface area contributed by atoms with Crippen molar-refractivity contribution < 1.29 is 4.79 Å². The first-order chi connectivity index (χ1) is 12.3. The fourth-order valence-electron chi connectivity index (χ4n) is 3.55. The minimum Gasteiger partial charge on any atom is -0.292 e. The summed E-state index contributed by atoms with van der Waals surface area (Å²) in [5.74, 6) is 0.842. The van der Waals surface area contributed by atoms with Gasteiger partial charge in [0.15, 0.2) is 0 Å². The summed E-state index contributed by atoms with van der Waals surface area (Å²) in [5.41, 5.74) is 5.36. The van der Waals surface area contributed by atoms with E-state index < -0.39 is 0 Å². The van der Waals surface area contributed by atoms with Gasteiger partial charge < -0.3 is 0 Å². The van der Waals surface area contributed by atoms with E-state index in [2.05, 4.69) is 58.0 Å². The standard InChI is InChI=1S/C23H24N2O/c1-15-5-10-20-18(13-15)14-17-11-12-25(21(17)24-20)22(26)16-6-8-19(9-7-16)23(2,3)4/h5-10,13-14H,11-12H2,1-4H3. The number of benzene rings is 2. The Morgan fingerprint density at radius 3 is 2.46 bits per heavy atom. The van der Waals surface area contributed by atoms with Crippen LogP contribution in [0, 0.1) is 6.92 Å². The quantitative estimate of drug-likeness (QED) is 0.619. The molecule has 26 heavy (non-hydrogen) atoms. The lowest BCUT2D eigenvalue weighted by Gasteiger charge is -2.20. The van der Waals surface area contributed by atoms with Gasteiger partial charge in [-0.25, -0.2) is 4.98 Å². The Morgan fingerprint density at radius 2 is 1.77 bits per heavy atom. The molecule has 0 saturated heterocycles. The molecule has 3 nitrogen and oxygen atoms in total. The number of anilines is 1. The van der Waals surface area contributed by atoms with Crippen molar-refractivity contribution in [2.24, 2.45) is 0 Å². The number of fused-ring (bicyclic) bond motifs is 2. The number of hydrogen-bond acceptors (Lipinski definition) is 2. The van der Waals surface area contributed by atoms with Crippen LogP contribution in [0.2, 0.25) is 0 Å². The highest BCUT2D eigenvalue weighted by molar-refractivity contribution is 6.07. The summed E-state index contributed by atoms with van der Waals surface area (Å²) in [6.45, 7) is 9.31. The SMILES string of the molecule is Cc1ccc2nc3c(cc2c1)CCN3C(=O)c1ccc(C(C)(C)C)cc1. The molecule has 0 atom stereocenters. The first-order valence-electron chi connectivity index (χ1n) is 9.16. The zero-order valence-corrected chi connectivity index (χ0v) is 15.8. The van der Waals surface area contributed by atoms with Gasteiger partial charge in [0, 0.05) is 17.5 Å². The molecule has 0 aliphatic carbocycles. The Bertz CT molecular complexity index is 997. The van der Waals surface area contributed by atoms with E-state index in [0.29, 0.717) is 6.54 Å². The van der Waals surface area contributed by atoms with Crippen LogP contribution in [0.4, 0.5) is 5.82 Å². The largest absolute Gasteiger partial charge is 0.292 e. The normalized spacial score (nSPS) is 13.9. The highest BCUT2D eigenvalue weighted by atomic mass is 16.2. The van der Waals surface area contributed by atoms with E-state index in [4.69, 9.17) is 4.98 Å². The highest BCUT2D eigenvalue weighted by Gasteiger charge is 2.27. The average molecular weight is 344 g/mol. The van der Waals surface area contributed by atoms with Gasteiger partial charge in [0.1, 0.15) is 5.82 Å². The van der Waals surface area contributed by atoms with Gasteiger partial charge in [0.25, 0.3) is 5.91 Å². The van der Waals surface area contributed by atoms with Crippen LogP contribution in [0.15, 0.2) is 48.5 Å². The smallest absolute Gasteiger partial charge is 0.259 e. The highest BCUT2D eigenvalue weighted by Crippen LogP contribution is 2.31. The molecule has 2 heterocycles. The van der Waals surface area contributed by atoms with Crippen LogP contribution < -0.4 is 4.90 Å². The van der Waals surface area contributed by atoms with E-state index in [9.17, 15) is 4.79 Å². The number of rotatable bonds is 1. The predicted octanol–water partition coefficient (Wildman–Crippen LogP) is 5.04. The van der Waals surface area contributed by atoms with Crippen LogP contribution in [0.3, 0.4) is 0 Å². The third-order valence-electron chi connectivity index (χ3n) is 5.13. The van der Waals surface area contributed by atoms with Crippen molar-refractivity contribution >= 4 is 22.6 Å². The third-order valence-corrected chi connectivity index (χ3v) is 5.13. The minimum atomic E-state index is 0.0307. The number of nitrogens with zero attached hydrogens (tertiary/aromatic N) is 2. The zero-order chi connectivity index (χ0) is 18.5. The van der Waals surface area contributed by atoms with Crippen molar-refractivity contribution in [3.05, 3.63) is 70.8 Å². The van der Waals surface area contributed by atoms with E-state index in [1.54, 1.807) is 0 Å². The van der Waals surface area contributed by atoms with E-state index in [-0.39, 0.29) is 11.3 Å². The van der Waals surface area contributed by atoms with Gasteiger partial charge in [0.2, 0.25) is 0 Å². The van der Waals surface area contributed by atoms with Crippen LogP contribution >= 0.6 is 0 Å². The second kappa shape index (κ2) is 5.94. The maximum Gasteiger partial charge on any atom is 0.259 e. The number of aryl methyl sites for hydroxylation is 1. The van der Waals surface area contributed by atoms with Gasteiger partial charge in [-0.05, 0) is 60.2 Å². The third kappa shape index (κ3) is 2.88. The van der Waals surface area contributed by atoms with Gasteiger partial charge in [-0.15, -0.1) is 0 Å². The topological polar surface area (TPSA) is 33.2 Å².